The van der Waals surface area contributed by atoms with E-state index in [0.717, 1.165) is 36.8 Å². The second kappa shape index (κ2) is 4.06. The molecule has 0 heterocycles. The summed E-state index contributed by atoms with van der Waals surface area (Å²) in [7, 11) is 0. The number of allylic oxidation sites excluding steroid dienone is 2. The second-order valence-corrected chi connectivity index (χ2v) is 6.57. The normalized spacial score (nSPS) is 38.3. The highest BCUT2D eigenvalue weighted by atomic mass is 16.2. The summed E-state index contributed by atoms with van der Waals surface area (Å²) in [4.78, 5) is 24.4. The third-order valence-corrected chi connectivity index (χ3v) is 5.41. The first-order valence-electron chi connectivity index (χ1n) is 7.50. The van der Waals surface area contributed by atoms with Gasteiger partial charge in [-0.1, -0.05) is 12.2 Å². The van der Waals surface area contributed by atoms with Crippen LogP contribution in [0.25, 0.3) is 0 Å². The monoisotopic (exact) mass is 257 g/mol. The third-order valence-electron chi connectivity index (χ3n) is 5.41. The van der Waals surface area contributed by atoms with E-state index < -0.39 is 0 Å². The third kappa shape index (κ3) is 1.78. The lowest BCUT2D eigenvalue weighted by Crippen LogP contribution is -2.35. The molecule has 4 bridgehead atoms. The molecule has 4 atom stereocenters. The molecule has 2 saturated carbocycles. The molecule has 3 heteroatoms. The Labute approximate surface area is 113 Å². The Kier molecular flexibility index (Phi) is 2.44. The van der Waals surface area contributed by atoms with Gasteiger partial charge in [0.2, 0.25) is 0 Å². The maximum atomic E-state index is 12.2. The van der Waals surface area contributed by atoms with Gasteiger partial charge in [0.05, 0.1) is 0 Å². The van der Waals surface area contributed by atoms with E-state index in [0.29, 0.717) is 23.7 Å². The van der Waals surface area contributed by atoms with Crippen molar-refractivity contribution in [2.24, 2.45) is 23.7 Å². The summed E-state index contributed by atoms with van der Waals surface area (Å²) in [5.41, 5.74) is 1.74. The first-order chi connectivity index (χ1) is 9.20. The molecule has 0 aromatic heterocycles. The van der Waals surface area contributed by atoms with Crippen molar-refractivity contribution in [1.82, 2.24) is 5.32 Å². The Morgan fingerprint density at radius 3 is 1.63 bits per heavy atom. The second-order valence-electron chi connectivity index (χ2n) is 6.57. The topological polar surface area (TPSA) is 46.2 Å². The van der Waals surface area contributed by atoms with Crippen LogP contribution in [0.2, 0.25) is 0 Å². The van der Waals surface area contributed by atoms with Gasteiger partial charge in [-0.2, -0.15) is 0 Å². The summed E-state index contributed by atoms with van der Waals surface area (Å²) in [5.74, 6) is 1.71. The van der Waals surface area contributed by atoms with Crippen molar-refractivity contribution >= 4 is 11.8 Å². The molecule has 4 unspecified atom stereocenters. The number of rotatable bonds is 2. The van der Waals surface area contributed by atoms with Gasteiger partial charge < -0.3 is 0 Å². The van der Waals surface area contributed by atoms with E-state index in [1.54, 1.807) is 0 Å². The number of carbonyl (C=O) groups excluding carboxylic acids is 2. The highest BCUT2D eigenvalue weighted by molar-refractivity contribution is 6.10. The van der Waals surface area contributed by atoms with Crippen LogP contribution in [0.4, 0.5) is 0 Å². The number of fused-ring (bicyclic) bond motifs is 4. The molecule has 100 valence electrons. The first-order valence-corrected chi connectivity index (χ1v) is 7.50. The molecule has 2 fully saturated rings. The fourth-order valence-corrected chi connectivity index (χ4v) is 4.45. The molecule has 0 saturated heterocycles. The van der Waals surface area contributed by atoms with Crippen LogP contribution in [0.3, 0.4) is 0 Å². The lowest BCUT2D eigenvalue weighted by molar-refractivity contribution is -0.126. The van der Waals surface area contributed by atoms with Gasteiger partial charge in [0.1, 0.15) is 0 Å². The molecule has 1 N–H and O–H groups in total. The summed E-state index contributed by atoms with van der Waals surface area (Å²) in [6.45, 7) is 0. The molecule has 0 aliphatic heterocycles. The van der Waals surface area contributed by atoms with Crippen LogP contribution < -0.4 is 5.32 Å². The molecule has 4 rings (SSSR count). The van der Waals surface area contributed by atoms with Gasteiger partial charge in [0, 0.05) is 11.1 Å². The molecule has 4 aliphatic rings. The maximum Gasteiger partial charge on any atom is 0.253 e. The van der Waals surface area contributed by atoms with E-state index >= 15 is 0 Å². The van der Waals surface area contributed by atoms with Gasteiger partial charge in [0.15, 0.2) is 0 Å². The maximum absolute atomic E-state index is 12.2. The predicted molar refractivity (Wildman–Crippen MR) is 71.0 cm³/mol. The number of nitrogens with one attached hydrogen (secondary N) is 1. The van der Waals surface area contributed by atoms with E-state index in [-0.39, 0.29) is 11.8 Å². The number of amides is 2. The summed E-state index contributed by atoms with van der Waals surface area (Å²) >= 11 is 0. The molecule has 19 heavy (non-hydrogen) atoms. The summed E-state index contributed by atoms with van der Waals surface area (Å²) in [5, 5.41) is 2.62. The highest BCUT2D eigenvalue weighted by Gasteiger charge is 2.39. The summed E-state index contributed by atoms with van der Waals surface area (Å²) < 4.78 is 0. The number of carbonyl (C=O) groups is 2. The SMILES string of the molecule is O=C(NC(=O)C1=CC2CCC1C2)C1=CC2CCC1C2. The molecule has 2 amide bonds. The van der Waals surface area contributed by atoms with Gasteiger partial charge in [0.25, 0.3) is 11.8 Å². The van der Waals surface area contributed by atoms with Crippen LogP contribution in [0, 0.1) is 23.7 Å². The zero-order valence-electron chi connectivity index (χ0n) is 11.0. The van der Waals surface area contributed by atoms with Crippen LogP contribution in [-0.2, 0) is 9.59 Å². The lowest BCUT2D eigenvalue weighted by atomic mass is 9.96. The van der Waals surface area contributed by atoms with E-state index in [9.17, 15) is 9.59 Å². The first kappa shape index (κ1) is 11.4. The predicted octanol–water partition coefficient (Wildman–Crippen LogP) is 2.34. The minimum absolute atomic E-state index is 0.138. The minimum Gasteiger partial charge on any atom is -0.289 e. The van der Waals surface area contributed by atoms with E-state index in [1.165, 1.54) is 12.8 Å². The standard InChI is InChI=1S/C16H19NO2/c18-15(13-7-9-1-3-11(13)5-9)17-16(19)14-8-10-2-4-12(14)6-10/h7-12H,1-6H2,(H,17,18,19). The van der Waals surface area contributed by atoms with Crippen molar-refractivity contribution in [3.63, 3.8) is 0 Å². The van der Waals surface area contributed by atoms with Gasteiger partial charge >= 0.3 is 0 Å². The van der Waals surface area contributed by atoms with Crippen molar-refractivity contribution < 1.29 is 9.59 Å². The van der Waals surface area contributed by atoms with Crippen LogP contribution >= 0.6 is 0 Å². The molecular formula is C16H19NO2. The van der Waals surface area contributed by atoms with Crippen molar-refractivity contribution in [3.8, 4) is 0 Å². The van der Waals surface area contributed by atoms with E-state index in [2.05, 4.69) is 17.5 Å². The highest BCUT2D eigenvalue weighted by Crippen LogP contribution is 2.45. The Morgan fingerprint density at radius 1 is 0.842 bits per heavy atom. The minimum atomic E-state index is -0.138. The van der Waals surface area contributed by atoms with Crippen LogP contribution in [-0.4, -0.2) is 11.8 Å². The molecule has 0 spiro atoms. The summed E-state index contributed by atoms with van der Waals surface area (Å²) in [6.07, 6.45) is 11.1. The smallest absolute Gasteiger partial charge is 0.253 e. The van der Waals surface area contributed by atoms with Crippen molar-refractivity contribution in [2.75, 3.05) is 0 Å². The van der Waals surface area contributed by atoms with Gasteiger partial charge in [-0.05, 0) is 62.2 Å². The lowest BCUT2D eigenvalue weighted by Gasteiger charge is -2.15. The molecule has 4 aliphatic carbocycles. The zero-order chi connectivity index (χ0) is 13.0. The van der Waals surface area contributed by atoms with Gasteiger partial charge in [-0.15, -0.1) is 0 Å². The van der Waals surface area contributed by atoms with Gasteiger partial charge in [-0.3, -0.25) is 14.9 Å². The van der Waals surface area contributed by atoms with Gasteiger partial charge in [-0.25, -0.2) is 0 Å². The Hall–Kier alpha value is -1.38. The Morgan fingerprint density at radius 2 is 1.32 bits per heavy atom. The average molecular weight is 257 g/mol. The molecule has 0 aromatic rings. The number of imide groups is 1. The fourth-order valence-electron chi connectivity index (χ4n) is 4.45. The summed E-state index contributed by atoms with van der Waals surface area (Å²) in [6, 6.07) is 0. The van der Waals surface area contributed by atoms with Crippen molar-refractivity contribution in [3.05, 3.63) is 23.3 Å². The van der Waals surface area contributed by atoms with E-state index in [4.69, 9.17) is 0 Å². The van der Waals surface area contributed by atoms with Crippen molar-refractivity contribution in [1.29, 1.82) is 0 Å². The largest absolute Gasteiger partial charge is 0.289 e. The van der Waals surface area contributed by atoms with E-state index in [1.807, 2.05) is 0 Å². The van der Waals surface area contributed by atoms with Crippen LogP contribution in [0.5, 0.6) is 0 Å². The van der Waals surface area contributed by atoms with Crippen LogP contribution in [0.1, 0.15) is 38.5 Å². The zero-order valence-corrected chi connectivity index (χ0v) is 11.0. The fraction of sp³-hybridized carbons (Fsp3) is 0.625. The number of hydrogen-bond donors (Lipinski definition) is 1. The quantitative estimate of drug-likeness (QED) is 0.772. The molecule has 3 nitrogen and oxygen atoms in total. The van der Waals surface area contributed by atoms with Crippen molar-refractivity contribution in [2.45, 2.75) is 38.5 Å². The Balaban J connectivity index is 1.45. The Bertz CT molecular complexity index is 471. The average Bonchev–Trinajstić information content (AvgIpc) is 3.17. The van der Waals surface area contributed by atoms with Crippen LogP contribution in [0.15, 0.2) is 23.3 Å². The molecule has 0 aromatic carbocycles. The molecular weight excluding hydrogens is 238 g/mol. The number of hydrogen-bond acceptors (Lipinski definition) is 2. The molecule has 0 radical (unpaired) electrons.